The zero-order chi connectivity index (χ0) is 35.1. The second-order valence-electron chi connectivity index (χ2n) is 14.4. The highest BCUT2D eigenvalue weighted by Gasteiger charge is 2.32. The minimum absolute atomic E-state index is 0.0834. The van der Waals surface area contributed by atoms with Crippen LogP contribution in [0.4, 0.5) is 17.5 Å². The van der Waals surface area contributed by atoms with Gasteiger partial charge in [-0.25, -0.2) is 23.1 Å². The fourth-order valence-electron chi connectivity index (χ4n) is 6.54. The summed E-state index contributed by atoms with van der Waals surface area (Å²) in [4.78, 5) is 32.4. The molecule has 1 amide bonds. The maximum absolute atomic E-state index is 14.5. The van der Waals surface area contributed by atoms with Crippen LogP contribution in [-0.2, 0) is 16.6 Å². The highest BCUT2D eigenvalue weighted by Crippen LogP contribution is 2.33. The molecule has 4 bridgehead atoms. The van der Waals surface area contributed by atoms with Gasteiger partial charge in [-0.2, -0.15) is 4.98 Å². The van der Waals surface area contributed by atoms with Gasteiger partial charge in [0, 0.05) is 42.0 Å². The van der Waals surface area contributed by atoms with E-state index >= 15 is 0 Å². The van der Waals surface area contributed by atoms with Crippen LogP contribution in [0, 0.1) is 19.3 Å². The number of aromatic nitrogens is 3. The molecule has 258 valence electrons. The summed E-state index contributed by atoms with van der Waals surface area (Å²) < 4.78 is 36.4. The van der Waals surface area contributed by atoms with Crippen LogP contribution in [0.1, 0.15) is 73.6 Å². The largest absolute Gasteiger partial charge is 0.475 e. The summed E-state index contributed by atoms with van der Waals surface area (Å²) in [6.07, 6.45) is 3.96. The van der Waals surface area contributed by atoms with Crippen molar-refractivity contribution in [3.05, 3.63) is 83.0 Å². The molecular formula is C37H45N7O4S. The minimum Gasteiger partial charge on any atom is -0.475 e. The molecule has 2 aliphatic rings. The molecule has 12 heteroatoms. The number of nitrogen functional groups attached to an aromatic ring is 1. The lowest BCUT2D eigenvalue weighted by Gasteiger charge is -2.37. The highest BCUT2D eigenvalue weighted by atomic mass is 32.2. The molecule has 0 spiro atoms. The molecule has 1 aliphatic heterocycles. The first kappa shape index (κ1) is 34.2. The average Bonchev–Trinajstić information content (AvgIpc) is 2.99. The van der Waals surface area contributed by atoms with Crippen molar-refractivity contribution in [1.82, 2.24) is 19.9 Å². The Morgan fingerprint density at radius 2 is 1.71 bits per heavy atom. The van der Waals surface area contributed by atoms with Crippen molar-refractivity contribution in [2.75, 3.05) is 29.0 Å². The molecule has 0 radical (unpaired) electrons. The molecule has 3 heterocycles. The molecule has 6 rings (SSSR count). The van der Waals surface area contributed by atoms with Gasteiger partial charge in [0.2, 0.25) is 11.8 Å². The number of anilines is 3. The standard InChI is InChI=1S/C37H45N7O4S/c1-23-10-7-11-24(2)34(23)31-19-33-41-36(40-31)42-49(46,47)30-15-8-12-25(16-30)35(45)44(29(22-48-33)20-37(3,4)5)21-27-17-26(38)18-32(39-27)43(6)28-13-9-14-28/h7-8,10-12,15-19,28-29H,9,13-14,20-22H2,1-6H3,(H2,38,39)(H,40,41,42)/t29-/m1/s1. The number of amides is 1. The molecule has 1 aliphatic carbocycles. The van der Waals surface area contributed by atoms with Gasteiger partial charge < -0.3 is 20.3 Å². The Kier molecular flexibility index (Phi) is 9.27. The van der Waals surface area contributed by atoms with Crippen LogP contribution in [0.25, 0.3) is 11.3 Å². The fraction of sp³-hybridized carbons (Fsp3) is 0.405. The van der Waals surface area contributed by atoms with Gasteiger partial charge in [-0.05, 0) is 80.3 Å². The number of pyridine rings is 1. The molecule has 1 saturated carbocycles. The number of nitrogens with zero attached hydrogens (tertiary/aromatic N) is 5. The molecule has 11 nitrogen and oxygen atoms in total. The van der Waals surface area contributed by atoms with Crippen molar-refractivity contribution in [3.63, 3.8) is 0 Å². The number of fused-ring (bicyclic) bond motifs is 4. The third-order valence-corrected chi connectivity index (χ3v) is 10.6. The third-order valence-electron chi connectivity index (χ3n) is 9.23. The first-order valence-corrected chi connectivity index (χ1v) is 18.2. The van der Waals surface area contributed by atoms with E-state index in [4.69, 9.17) is 15.5 Å². The van der Waals surface area contributed by atoms with Crippen LogP contribution < -0.4 is 20.1 Å². The van der Waals surface area contributed by atoms with E-state index in [1.165, 1.54) is 18.6 Å². The Bertz CT molecular complexity index is 1970. The van der Waals surface area contributed by atoms with Crippen LogP contribution in [0.15, 0.2) is 65.6 Å². The maximum atomic E-state index is 14.5. The van der Waals surface area contributed by atoms with Gasteiger partial charge in [-0.15, -0.1) is 0 Å². The van der Waals surface area contributed by atoms with Crippen molar-refractivity contribution in [1.29, 1.82) is 0 Å². The Hall–Kier alpha value is -4.71. The summed E-state index contributed by atoms with van der Waals surface area (Å²) in [6, 6.07) is 17.3. The predicted octanol–water partition coefficient (Wildman–Crippen LogP) is 6.37. The molecule has 49 heavy (non-hydrogen) atoms. The number of hydrogen-bond donors (Lipinski definition) is 2. The van der Waals surface area contributed by atoms with Gasteiger partial charge in [0.05, 0.1) is 28.9 Å². The molecular weight excluding hydrogens is 639 g/mol. The van der Waals surface area contributed by atoms with Crippen LogP contribution in [0.5, 0.6) is 5.88 Å². The number of carbonyl (C=O) groups is 1. The van der Waals surface area contributed by atoms with E-state index in [9.17, 15) is 13.2 Å². The predicted molar refractivity (Wildman–Crippen MR) is 192 cm³/mol. The van der Waals surface area contributed by atoms with Gasteiger partial charge >= 0.3 is 0 Å². The maximum Gasteiger partial charge on any atom is 0.264 e. The summed E-state index contributed by atoms with van der Waals surface area (Å²) in [5, 5.41) is 0. The number of sulfonamides is 1. The van der Waals surface area contributed by atoms with Crippen molar-refractivity contribution >= 4 is 33.4 Å². The van der Waals surface area contributed by atoms with Crippen molar-refractivity contribution in [2.24, 2.45) is 5.41 Å². The molecule has 0 saturated heterocycles. The highest BCUT2D eigenvalue weighted by molar-refractivity contribution is 7.92. The van der Waals surface area contributed by atoms with Gasteiger partial charge in [-0.3, -0.25) is 4.79 Å². The molecule has 4 aromatic rings. The normalized spacial score (nSPS) is 17.9. The van der Waals surface area contributed by atoms with E-state index in [1.807, 2.05) is 45.2 Å². The van der Waals surface area contributed by atoms with E-state index in [0.717, 1.165) is 35.3 Å². The lowest BCUT2D eigenvalue weighted by atomic mass is 9.87. The number of ether oxygens (including phenoxy) is 1. The molecule has 1 atom stereocenters. The van der Waals surface area contributed by atoms with Crippen LogP contribution >= 0.6 is 0 Å². The Morgan fingerprint density at radius 3 is 2.39 bits per heavy atom. The van der Waals surface area contributed by atoms with E-state index < -0.39 is 16.1 Å². The third kappa shape index (κ3) is 7.64. The molecule has 0 unspecified atom stereocenters. The topological polar surface area (TPSA) is 144 Å². The van der Waals surface area contributed by atoms with Crippen LogP contribution in [-0.4, -0.2) is 59.9 Å². The summed E-state index contributed by atoms with van der Waals surface area (Å²) in [5.74, 6) is 0.478. The first-order valence-electron chi connectivity index (χ1n) is 16.7. The number of rotatable bonds is 6. The van der Waals surface area contributed by atoms with Crippen molar-refractivity contribution in [2.45, 2.75) is 83.8 Å². The zero-order valence-corrected chi connectivity index (χ0v) is 29.8. The van der Waals surface area contributed by atoms with Gasteiger partial charge in [0.1, 0.15) is 12.4 Å². The molecule has 2 aromatic heterocycles. The summed E-state index contributed by atoms with van der Waals surface area (Å²) in [6.45, 7) is 10.5. The van der Waals surface area contributed by atoms with E-state index in [2.05, 4.69) is 40.4 Å². The van der Waals surface area contributed by atoms with Crippen LogP contribution in [0.3, 0.4) is 0 Å². The van der Waals surface area contributed by atoms with E-state index in [-0.39, 0.29) is 46.8 Å². The van der Waals surface area contributed by atoms with Gasteiger partial charge in [0.25, 0.3) is 15.9 Å². The lowest BCUT2D eigenvalue weighted by molar-refractivity contribution is 0.0509. The summed E-state index contributed by atoms with van der Waals surface area (Å²) >= 11 is 0. The quantitative estimate of drug-likeness (QED) is 0.237. The van der Waals surface area contributed by atoms with E-state index in [1.54, 1.807) is 29.2 Å². The van der Waals surface area contributed by atoms with Crippen molar-refractivity contribution < 1.29 is 17.9 Å². The first-order chi connectivity index (χ1) is 23.2. The van der Waals surface area contributed by atoms with Crippen molar-refractivity contribution in [3.8, 4) is 17.1 Å². The monoisotopic (exact) mass is 683 g/mol. The summed E-state index contributed by atoms with van der Waals surface area (Å²) in [7, 11) is -2.16. The summed E-state index contributed by atoms with van der Waals surface area (Å²) in [5.41, 5.74) is 10.9. The smallest absolute Gasteiger partial charge is 0.264 e. The second-order valence-corrected chi connectivity index (χ2v) is 16.1. The zero-order valence-electron chi connectivity index (χ0n) is 29.0. The number of aryl methyl sites for hydroxylation is 2. The number of nitrogens with two attached hydrogens (primary N) is 1. The van der Waals surface area contributed by atoms with E-state index in [0.29, 0.717) is 29.5 Å². The van der Waals surface area contributed by atoms with Gasteiger partial charge in [-0.1, -0.05) is 45.0 Å². The second kappa shape index (κ2) is 13.3. The van der Waals surface area contributed by atoms with Gasteiger partial charge in [0.15, 0.2) is 0 Å². The minimum atomic E-state index is -4.18. The number of hydrogen-bond acceptors (Lipinski definition) is 9. The fourth-order valence-corrected chi connectivity index (χ4v) is 7.53. The number of nitrogens with one attached hydrogen (secondary N) is 1. The van der Waals surface area contributed by atoms with Crippen LogP contribution in [0.2, 0.25) is 0 Å². The Labute approximate surface area is 289 Å². The lowest BCUT2D eigenvalue weighted by Crippen LogP contribution is -2.45. The Morgan fingerprint density at radius 1 is 1.00 bits per heavy atom. The SMILES string of the molecule is Cc1cccc(C)c1-c1cc2nc(n1)NS(=O)(=O)c1cccc(c1)C(=O)N(Cc1cc(N)cc(N(C)C3CCC3)n1)[C@H](CC(C)(C)C)CO2. The number of carbonyl (C=O) groups excluding carboxylic acids is 1. The Balaban J connectivity index is 1.47. The molecule has 3 N–H and O–H groups in total. The average molecular weight is 684 g/mol. The molecule has 1 fully saturated rings. The molecule has 2 aromatic carbocycles. The number of benzene rings is 2.